The van der Waals surface area contributed by atoms with E-state index in [1.807, 2.05) is 43.5 Å². The van der Waals surface area contributed by atoms with E-state index in [1.165, 1.54) is 59.0 Å². The number of carbonyl (C=O) groups excluding carboxylic acids is 3. The standard InChI is InChI=1S/C24H27N5O3.C22H21F2N7O2/c1-14-7-17-9-18(8-15-3-2-4-15)23(31)28-22(17)24(32)29(14)13-21(30)27-11-19-10-16-5-6-25-20(16)12-26-19;1-14-9-29-20(30-13-22(23,24)18-4-2-3-6-26-18)21(33)31(14)12-19(32)28-10-16-8-15-5-7-25-17(15)11-27-16/h5-7,10,12,15,18,25H,2-4,8-9,11,13H2,1H3,(H,27,30)(H,28,31);2-9,11,25H,10,12-13H2,1H3,(H,28,32)(H,29,30)/t18-;/m1./s1. The van der Waals surface area contributed by atoms with Gasteiger partial charge in [0, 0.05) is 52.9 Å². The monoisotopic (exact) mass is 886 g/mol. The first kappa shape index (κ1) is 44.1. The van der Waals surface area contributed by atoms with Crippen LogP contribution >= 0.6 is 0 Å². The molecule has 7 aromatic heterocycles. The van der Waals surface area contributed by atoms with E-state index in [2.05, 4.69) is 51.2 Å². The molecule has 0 aromatic carbocycles. The highest BCUT2D eigenvalue weighted by Gasteiger charge is 2.34. The van der Waals surface area contributed by atoms with Gasteiger partial charge in [0.25, 0.3) is 11.1 Å². The van der Waals surface area contributed by atoms with E-state index in [-0.39, 0.29) is 55.3 Å². The van der Waals surface area contributed by atoms with Crippen LogP contribution in [0.15, 0.2) is 95.3 Å². The maximum atomic E-state index is 14.4. The Morgan fingerprint density at radius 1 is 0.785 bits per heavy atom. The van der Waals surface area contributed by atoms with E-state index in [0.29, 0.717) is 35.1 Å². The highest BCUT2D eigenvalue weighted by molar-refractivity contribution is 5.95. The zero-order chi connectivity index (χ0) is 45.7. The number of halogens is 2. The summed E-state index contributed by atoms with van der Waals surface area (Å²) < 4.78 is 31.3. The van der Waals surface area contributed by atoms with Crippen molar-refractivity contribution in [2.45, 2.75) is 78.1 Å². The molecule has 8 heterocycles. The number of carbonyl (C=O) groups is 3. The smallest absolute Gasteiger partial charge is 0.306 e. The van der Waals surface area contributed by atoms with Crippen LogP contribution in [0.3, 0.4) is 0 Å². The Hall–Kier alpha value is -7.57. The molecule has 9 rings (SSSR count). The molecule has 19 heteroatoms. The number of rotatable bonds is 14. The van der Waals surface area contributed by atoms with Crippen molar-refractivity contribution in [3.8, 4) is 0 Å². The van der Waals surface area contributed by atoms with Gasteiger partial charge in [-0.05, 0) is 80.6 Å². The molecule has 1 aliphatic heterocycles. The lowest BCUT2D eigenvalue weighted by molar-refractivity contribution is -0.122. The van der Waals surface area contributed by atoms with Crippen molar-refractivity contribution in [1.82, 2.24) is 49.7 Å². The van der Waals surface area contributed by atoms with E-state index in [1.54, 1.807) is 25.5 Å². The number of H-pyrrole nitrogens is 2. The third-order valence-electron chi connectivity index (χ3n) is 11.8. The summed E-state index contributed by atoms with van der Waals surface area (Å²) in [5.41, 5.74) is 4.14. The second-order valence-electron chi connectivity index (χ2n) is 16.4. The van der Waals surface area contributed by atoms with Gasteiger partial charge in [0.2, 0.25) is 17.7 Å². The molecule has 0 saturated heterocycles. The minimum Gasteiger partial charge on any atom is -0.360 e. The summed E-state index contributed by atoms with van der Waals surface area (Å²) in [5.74, 6) is -3.81. The summed E-state index contributed by atoms with van der Waals surface area (Å²) in [6, 6.07) is 13.7. The Morgan fingerprint density at radius 2 is 1.42 bits per heavy atom. The molecule has 7 aromatic rings. The lowest BCUT2D eigenvalue weighted by Crippen LogP contribution is -2.39. The van der Waals surface area contributed by atoms with Gasteiger partial charge in [-0.25, -0.2) is 4.98 Å². The Labute approximate surface area is 370 Å². The molecule has 0 bridgehead atoms. The molecule has 1 aliphatic carbocycles. The van der Waals surface area contributed by atoms with Crippen LogP contribution in [0.25, 0.3) is 21.8 Å². The second kappa shape index (κ2) is 19.0. The fourth-order valence-corrected chi connectivity index (χ4v) is 7.95. The fraction of sp³-hybridized carbons (Fsp3) is 0.326. The van der Waals surface area contributed by atoms with E-state index in [4.69, 9.17) is 0 Å². The zero-order valence-corrected chi connectivity index (χ0v) is 35.8. The molecule has 1 saturated carbocycles. The summed E-state index contributed by atoms with van der Waals surface area (Å²) in [6.45, 7) is 2.63. The molecule has 6 N–H and O–H groups in total. The van der Waals surface area contributed by atoms with Crippen molar-refractivity contribution < 1.29 is 23.2 Å². The van der Waals surface area contributed by atoms with Gasteiger partial charge < -0.3 is 35.8 Å². The van der Waals surface area contributed by atoms with Gasteiger partial charge in [0.1, 0.15) is 24.5 Å². The first-order valence-electron chi connectivity index (χ1n) is 21.3. The van der Waals surface area contributed by atoms with Crippen LogP contribution in [0.1, 0.15) is 59.7 Å². The third kappa shape index (κ3) is 10.3. The number of aryl methyl sites for hydroxylation is 2. The lowest BCUT2D eigenvalue weighted by atomic mass is 9.76. The highest BCUT2D eigenvalue weighted by atomic mass is 19.3. The molecule has 1 atom stereocenters. The normalized spacial score (nSPS) is 14.8. The number of pyridine rings is 4. The van der Waals surface area contributed by atoms with Crippen molar-refractivity contribution in [2.24, 2.45) is 11.8 Å². The maximum absolute atomic E-state index is 14.4. The number of hydrogen-bond acceptors (Lipinski definition) is 10. The molecule has 65 heavy (non-hydrogen) atoms. The first-order valence-corrected chi connectivity index (χ1v) is 21.3. The maximum Gasteiger partial charge on any atom is 0.306 e. The molecule has 0 spiro atoms. The molecular formula is C46H48F2N12O5. The second-order valence-corrected chi connectivity index (χ2v) is 16.4. The van der Waals surface area contributed by atoms with Gasteiger partial charge in [-0.1, -0.05) is 25.3 Å². The number of nitrogens with zero attached hydrogens (tertiary/aromatic N) is 6. The number of alkyl halides is 2. The number of fused-ring (bicyclic) bond motifs is 3. The third-order valence-corrected chi connectivity index (χ3v) is 11.8. The number of nitrogens with one attached hydrogen (secondary N) is 6. The zero-order valence-electron chi connectivity index (χ0n) is 35.8. The largest absolute Gasteiger partial charge is 0.360 e. The van der Waals surface area contributed by atoms with E-state index in [9.17, 15) is 32.8 Å². The fourth-order valence-electron chi connectivity index (χ4n) is 7.95. The topological polar surface area (TPSA) is 226 Å². The number of aromatic amines is 2. The molecule has 3 amide bonds. The van der Waals surface area contributed by atoms with Gasteiger partial charge in [0.15, 0.2) is 5.82 Å². The van der Waals surface area contributed by atoms with Crippen LogP contribution < -0.4 is 32.4 Å². The number of anilines is 2. The predicted octanol–water partition coefficient (Wildman–Crippen LogP) is 4.99. The molecule has 0 unspecified atom stereocenters. The van der Waals surface area contributed by atoms with Crippen LogP contribution in [0.5, 0.6) is 0 Å². The summed E-state index contributed by atoms with van der Waals surface area (Å²) in [4.78, 5) is 85.7. The predicted molar refractivity (Wildman–Crippen MR) is 239 cm³/mol. The number of hydrogen-bond donors (Lipinski definition) is 6. The SMILES string of the molecule is Cc1cc2c(c(=O)n1CC(=O)NCc1cc3cc[nH]c3cn1)NC(=O)[C@H](CC1CCC1)C2.Cc1cnc(NCC(F)(F)c2ccccn2)c(=O)n1CC(=O)NCc1cc2cc[nH]c2cn1. The van der Waals surface area contributed by atoms with Crippen molar-refractivity contribution >= 4 is 51.0 Å². The minimum absolute atomic E-state index is 0.0735. The van der Waals surface area contributed by atoms with E-state index >= 15 is 0 Å². The number of aromatic nitrogens is 8. The van der Waals surface area contributed by atoms with Gasteiger partial charge in [-0.15, -0.1) is 0 Å². The van der Waals surface area contributed by atoms with E-state index < -0.39 is 29.6 Å². The van der Waals surface area contributed by atoms with Gasteiger partial charge in [-0.3, -0.25) is 43.5 Å². The lowest BCUT2D eigenvalue weighted by Gasteiger charge is -2.32. The van der Waals surface area contributed by atoms with Crippen LogP contribution in [-0.2, 0) is 52.9 Å². The molecule has 2 aliphatic rings. The Balaban J connectivity index is 0.000000177. The van der Waals surface area contributed by atoms with Crippen LogP contribution in [-0.4, -0.2) is 63.3 Å². The summed E-state index contributed by atoms with van der Waals surface area (Å²) in [5, 5.41) is 12.8. The minimum atomic E-state index is -3.31. The van der Waals surface area contributed by atoms with Crippen molar-refractivity contribution in [1.29, 1.82) is 0 Å². The van der Waals surface area contributed by atoms with Crippen LogP contribution in [0.2, 0.25) is 0 Å². The van der Waals surface area contributed by atoms with E-state index in [0.717, 1.165) is 39.5 Å². The van der Waals surface area contributed by atoms with Crippen molar-refractivity contribution in [2.75, 3.05) is 17.2 Å². The average molecular weight is 887 g/mol. The average Bonchev–Trinajstić information content (AvgIpc) is 3.97. The quantitative estimate of drug-likeness (QED) is 0.0858. The summed E-state index contributed by atoms with van der Waals surface area (Å²) in [6.07, 6.45) is 14.8. The molecular weight excluding hydrogens is 839 g/mol. The van der Waals surface area contributed by atoms with Crippen LogP contribution in [0, 0.1) is 25.7 Å². The highest BCUT2D eigenvalue weighted by Crippen LogP contribution is 2.36. The summed E-state index contributed by atoms with van der Waals surface area (Å²) >= 11 is 0. The molecule has 0 radical (unpaired) electrons. The Morgan fingerprint density at radius 3 is 2.00 bits per heavy atom. The van der Waals surface area contributed by atoms with Gasteiger partial charge in [-0.2, -0.15) is 8.78 Å². The molecule has 1 fully saturated rings. The molecule has 336 valence electrons. The van der Waals surface area contributed by atoms with Gasteiger partial charge in [0.05, 0.1) is 54.4 Å². The van der Waals surface area contributed by atoms with Crippen LogP contribution in [0.4, 0.5) is 20.3 Å². The number of amides is 3. The van der Waals surface area contributed by atoms with Gasteiger partial charge >= 0.3 is 5.92 Å². The Bertz CT molecular complexity index is 2990. The van der Waals surface area contributed by atoms with Crippen molar-refractivity contribution in [3.63, 3.8) is 0 Å². The molecule has 17 nitrogen and oxygen atoms in total. The van der Waals surface area contributed by atoms with Crippen molar-refractivity contribution in [3.05, 3.63) is 140 Å². The first-order chi connectivity index (χ1) is 31.3. The summed E-state index contributed by atoms with van der Waals surface area (Å²) in [7, 11) is 0. The Kier molecular flexibility index (Phi) is 12.9.